The zero-order valence-electron chi connectivity index (χ0n) is 10.0. The van der Waals surface area contributed by atoms with Crippen LogP contribution in [0.1, 0.15) is 31.3 Å². The van der Waals surface area contributed by atoms with E-state index < -0.39 is 0 Å². The standard InChI is InChI=1S/C11H13Br2N3S2/c1-3-4-14-6(2)10-15-16-11(18-10)7-5-8(12)17-9(7)13/h5-6,14H,3-4H2,1-2H3. The number of rotatable bonds is 5. The SMILES string of the molecule is CCCNC(C)c1nnc(-c2cc(Br)sc2Br)s1. The lowest BCUT2D eigenvalue weighted by Crippen LogP contribution is -2.18. The second kappa shape index (κ2) is 6.56. The van der Waals surface area contributed by atoms with Gasteiger partial charge in [0.2, 0.25) is 0 Å². The lowest BCUT2D eigenvalue weighted by atomic mass is 10.3. The Labute approximate surface area is 131 Å². The van der Waals surface area contributed by atoms with Crippen molar-refractivity contribution < 1.29 is 0 Å². The van der Waals surface area contributed by atoms with Gasteiger partial charge in [0.05, 0.1) is 13.6 Å². The summed E-state index contributed by atoms with van der Waals surface area (Å²) in [6, 6.07) is 2.33. The van der Waals surface area contributed by atoms with Crippen LogP contribution in [-0.4, -0.2) is 16.7 Å². The molecule has 0 saturated carbocycles. The molecule has 0 aromatic carbocycles. The average Bonchev–Trinajstić information content (AvgIpc) is 2.92. The van der Waals surface area contributed by atoms with Crippen molar-refractivity contribution in [2.45, 2.75) is 26.3 Å². The van der Waals surface area contributed by atoms with Crippen molar-refractivity contribution in [1.82, 2.24) is 15.5 Å². The molecule has 18 heavy (non-hydrogen) atoms. The molecule has 1 unspecified atom stereocenters. The van der Waals surface area contributed by atoms with Gasteiger partial charge in [0, 0.05) is 5.56 Å². The van der Waals surface area contributed by atoms with Crippen LogP contribution >= 0.6 is 54.5 Å². The molecule has 0 radical (unpaired) electrons. The molecular formula is C11H13Br2N3S2. The molecule has 3 nitrogen and oxygen atoms in total. The summed E-state index contributed by atoms with van der Waals surface area (Å²) in [6.07, 6.45) is 1.12. The van der Waals surface area contributed by atoms with E-state index >= 15 is 0 Å². The molecule has 2 aromatic heterocycles. The maximum atomic E-state index is 4.27. The smallest absolute Gasteiger partial charge is 0.149 e. The van der Waals surface area contributed by atoms with Crippen molar-refractivity contribution in [2.24, 2.45) is 0 Å². The van der Waals surface area contributed by atoms with Gasteiger partial charge in [0.15, 0.2) is 0 Å². The Morgan fingerprint density at radius 1 is 1.33 bits per heavy atom. The van der Waals surface area contributed by atoms with Gasteiger partial charge in [-0.1, -0.05) is 18.3 Å². The number of hydrogen-bond acceptors (Lipinski definition) is 5. The minimum absolute atomic E-state index is 0.261. The maximum Gasteiger partial charge on any atom is 0.149 e. The average molecular weight is 411 g/mol. The largest absolute Gasteiger partial charge is 0.308 e. The molecule has 0 aliphatic carbocycles. The third-order valence-corrected chi connectivity index (χ3v) is 5.88. The van der Waals surface area contributed by atoms with Crippen molar-refractivity contribution in [2.75, 3.05) is 6.54 Å². The van der Waals surface area contributed by atoms with Gasteiger partial charge in [-0.3, -0.25) is 0 Å². The van der Waals surface area contributed by atoms with Gasteiger partial charge in [-0.2, -0.15) is 0 Å². The Morgan fingerprint density at radius 3 is 2.72 bits per heavy atom. The van der Waals surface area contributed by atoms with Gasteiger partial charge in [-0.25, -0.2) is 0 Å². The van der Waals surface area contributed by atoms with E-state index in [0.717, 1.165) is 36.1 Å². The van der Waals surface area contributed by atoms with E-state index in [2.05, 4.69) is 67.3 Å². The third kappa shape index (κ3) is 3.39. The first-order valence-electron chi connectivity index (χ1n) is 5.63. The van der Waals surface area contributed by atoms with Crippen LogP contribution in [0.5, 0.6) is 0 Å². The maximum absolute atomic E-state index is 4.27. The van der Waals surface area contributed by atoms with Gasteiger partial charge in [0.25, 0.3) is 0 Å². The molecule has 2 heterocycles. The second-order valence-corrected chi connectivity index (χ2v) is 8.62. The molecule has 2 aromatic rings. The fraction of sp³-hybridized carbons (Fsp3) is 0.455. The molecule has 0 bridgehead atoms. The number of hydrogen-bond donors (Lipinski definition) is 1. The first-order chi connectivity index (χ1) is 8.61. The summed E-state index contributed by atoms with van der Waals surface area (Å²) in [5.41, 5.74) is 1.11. The zero-order chi connectivity index (χ0) is 13.1. The molecular weight excluding hydrogens is 398 g/mol. The molecule has 0 amide bonds. The minimum Gasteiger partial charge on any atom is -0.308 e. The van der Waals surface area contributed by atoms with Crippen molar-refractivity contribution in [3.8, 4) is 10.6 Å². The molecule has 7 heteroatoms. The van der Waals surface area contributed by atoms with E-state index in [1.807, 2.05) is 0 Å². The van der Waals surface area contributed by atoms with Crippen LogP contribution in [0.2, 0.25) is 0 Å². The lowest BCUT2D eigenvalue weighted by Gasteiger charge is -2.08. The number of thiophene rings is 1. The molecule has 0 aliphatic heterocycles. The van der Waals surface area contributed by atoms with Crippen LogP contribution < -0.4 is 5.32 Å². The molecule has 2 rings (SSSR count). The quantitative estimate of drug-likeness (QED) is 0.765. The summed E-state index contributed by atoms with van der Waals surface area (Å²) >= 11 is 10.3. The van der Waals surface area contributed by atoms with Crippen LogP contribution in [0.3, 0.4) is 0 Å². The molecule has 0 saturated heterocycles. The van der Waals surface area contributed by atoms with E-state index in [0.29, 0.717) is 0 Å². The molecule has 0 spiro atoms. The van der Waals surface area contributed by atoms with Crippen LogP contribution in [-0.2, 0) is 0 Å². The predicted octanol–water partition coefficient (Wildman–Crippen LogP) is 4.85. The van der Waals surface area contributed by atoms with Gasteiger partial charge in [-0.15, -0.1) is 21.5 Å². The normalized spacial score (nSPS) is 12.9. The Bertz CT molecular complexity index is 524. The van der Waals surface area contributed by atoms with Crippen molar-refractivity contribution in [1.29, 1.82) is 0 Å². The fourth-order valence-electron chi connectivity index (χ4n) is 1.45. The Morgan fingerprint density at radius 2 is 2.11 bits per heavy atom. The molecule has 0 aliphatic rings. The number of nitrogens with zero attached hydrogens (tertiary/aromatic N) is 2. The van der Waals surface area contributed by atoms with Crippen molar-refractivity contribution in [3.05, 3.63) is 18.6 Å². The highest BCUT2D eigenvalue weighted by Crippen LogP contribution is 2.40. The van der Waals surface area contributed by atoms with E-state index in [1.54, 1.807) is 22.7 Å². The zero-order valence-corrected chi connectivity index (χ0v) is 14.8. The topological polar surface area (TPSA) is 37.8 Å². The minimum atomic E-state index is 0.261. The molecule has 1 N–H and O–H groups in total. The highest BCUT2D eigenvalue weighted by Gasteiger charge is 2.15. The van der Waals surface area contributed by atoms with Gasteiger partial charge in [0.1, 0.15) is 10.0 Å². The van der Waals surface area contributed by atoms with Crippen LogP contribution in [0.15, 0.2) is 13.6 Å². The Hall–Kier alpha value is 0.180. The summed E-state index contributed by atoms with van der Waals surface area (Å²) in [4.78, 5) is 0. The summed E-state index contributed by atoms with van der Waals surface area (Å²) in [6.45, 7) is 5.29. The van der Waals surface area contributed by atoms with Gasteiger partial charge in [-0.05, 0) is 57.8 Å². The van der Waals surface area contributed by atoms with Crippen molar-refractivity contribution >= 4 is 54.5 Å². The highest BCUT2D eigenvalue weighted by molar-refractivity contribution is 9.12. The number of nitrogens with one attached hydrogen (secondary N) is 1. The second-order valence-electron chi connectivity index (χ2n) is 3.86. The first-order valence-corrected chi connectivity index (χ1v) is 8.85. The van der Waals surface area contributed by atoms with E-state index in [9.17, 15) is 0 Å². The summed E-state index contributed by atoms with van der Waals surface area (Å²) in [5.74, 6) is 0. The van der Waals surface area contributed by atoms with Gasteiger partial charge < -0.3 is 5.32 Å². The summed E-state index contributed by atoms with van der Waals surface area (Å²) in [5, 5.41) is 14.0. The summed E-state index contributed by atoms with van der Waals surface area (Å²) in [7, 11) is 0. The van der Waals surface area contributed by atoms with E-state index in [-0.39, 0.29) is 6.04 Å². The Balaban J connectivity index is 2.17. The third-order valence-electron chi connectivity index (χ3n) is 2.40. The monoisotopic (exact) mass is 409 g/mol. The molecule has 1 atom stereocenters. The van der Waals surface area contributed by atoms with Crippen LogP contribution in [0, 0.1) is 0 Å². The lowest BCUT2D eigenvalue weighted by molar-refractivity contribution is 0.564. The number of aromatic nitrogens is 2. The van der Waals surface area contributed by atoms with E-state index in [4.69, 9.17) is 0 Å². The first kappa shape index (κ1) is 14.6. The summed E-state index contributed by atoms with van der Waals surface area (Å²) < 4.78 is 2.18. The Kier molecular flexibility index (Phi) is 5.32. The van der Waals surface area contributed by atoms with E-state index in [1.165, 1.54) is 0 Å². The highest BCUT2D eigenvalue weighted by atomic mass is 79.9. The predicted molar refractivity (Wildman–Crippen MR) is 85.3 cm³/mol. The molecule has 0 fully saturated rings. The van der Waals surface area contributed by atoms with Crippen LogP contribution in [0.25, 0.3) is 10.6 Å². The molecule has 98 valence electrons. The van der Waals surface area contributed by atoms with Crippen molar-refractivity contribution in [3.63, 3.8) is 0 Å². The number of halogens is 2. The van der Waals surface area contributed by atoms with Crippen LogP contribution in [0.4, 0.5) is 0 Å². The van der Waals surface area contributed by atoms with Gasteiger partial charge >= 0.3 is 0 Å². The fourth-order valence-corrected chi connectivity index (χ4v) is 5.35.